The van der Waals surface area contributed by atoms with Gasteiger partial charge in [-0.15, -0.1) is 17.8 Å². The molecule has 1 N–H and O–H groups in total. The molecule has 0 aliphatic carbocycles. The van der Waals surface area contributed by atoms with Gasteiger partial charge in [-0.2, -0.15) is 0 Å². The van der Waals surface area contributed by atoms with Crippen molar-refractivity contribution in [2.75, 3.05) is 5.75 Å². The van der Waals surface area contributed by atoms with Crippen LogP contribution in [0.2, 0.25) is 0 Å². The number of hydrogen-bond donors (Lipinski definition) is 1. The summed E-state index contributed by atoms with van der Waals surface area (Å²) in [6, 6.07) is 8.30. The van der Waals surface area contributed by atoms with Gasteiger partial charge in [0.25, 0.3) is 5.56 Å². The number of thiophene rings is 1. The lowest BCUT2D eigenvalue weighted by Crippen LogP contribution is -2.08. The highest BCUT2D eigenvalue weighted by molar-refractivity contribution is 7.99. The lowest BCUT2D eigenvalue weighted by molar-refractivity contribution is 0.983. The Morgan fingerprint density at radius 3 is 2.82 bits per heavy atom. The number of H-pyrrole nitrogens is 1. The van der Waals surface area contributed by atoms with E-state index in [1.54, 1.807) is 0 Å². The van der Waals surface area contributed by atoms with Gasteiger partial charge in [0, 0.05) is 10.9 Å². The molecule has 0 radical (unpaired) electrons. The fraction of sp³-hybridized carbons (Fsp3) is 0.176. The van der Waals surface area contributed by atoms with Crippen molar-refractivity contribution in [3.63, 3.8) is 0 Å². The Labute approximate surface area is 136 Å². The number of aromatic nitrogens is 2. The normalized spacial score (nSPS) is 10.7. The third-order valence-corrected chi connectivity index (χ3v) is 5.04. The van der Waals surface area contributed by atoms with Gasteiger partial charge in [0.2, 0.25) is 0 Å². The number of terminal acetylenes is 1. The van der Waals surface area contributed by atoms with E-state index in [9.17, 15) is 4.79 Å². The Kier molecular flexibility index (Phi) is 4.32. The van der Waals surface area contributed by atoms with Crippen molar-refractivity contribution in [2.24, 2.45) is 0 Å². The van der Waals surface area contributed by atoms with Crippen molar-refractivity contribution in [3.8, 4) is 23.5 Å². The average molecular weight is 326 g/mol. The smallest absolute Gasteiger partial charge is 0.260 e. The maximum Gasteiger partial charge on any atom is 0.260 e. The van der Waals surface area contributed by atoms with Gasteiger partial charge in [-0.1, -0.05) is 48.9 Å². The monoisotopic (exact) mass is 326 g/mol. The van der Waals surface area contributed by atoms with Crippen LogP contribution in [0.5, 0.6) is 0 Å². The van der Waals surface area contributed by atoms with Gasteiger partial charge in [-0.25, -0.2) is 4.98 Å². The molecule has 0 saturated heterocycles. The number of benzene rings is 1. The first-order valence-electron chi connectivity index (χ1n) is 6.90. The number of nitrogens with zero attached hydrogens (tertiary/aromatic N) is 1. The van der Waals surface area contributed by atoms with Crippen LogP contribution < -0.4 is 5.56 Å². The van der Waals surface area contributed by atoms with Crippen LogP contribution in [-0.4, -0.2) is 15.7 Å². The van der Waals surface area contributed by atoms with Crippen LogP contribution in [0.15, 0.2) is 39.6 Å². The Morgan fingerprint density at radius 1 is 1.36 bits per heavy atom. The summed E-state index contributed by atoms with van der Waals surface area (Å²) in [5.41, 5.74) is 3.15. The number of aromatic amines is 1. The van der Waals surface area contributed by atoms with E-state index in [-0.39, 0.29) is 5.56 Å². The highest BCUT2D eigenvalue weighted by Crippen LogP contribution is 2.31. The van der Waals surface area contributed by atoms with Crippen molar-refractivity contribution in [3.05, 3.63) is 45.6 Å². The summed E-state index contributed by atoms with van der Waals surface area (Å²) >= 11 is 2.85. The minimum absolute atomic E-state index is 0.111. The van der Waals surface area contributed by atoms with Crippen LogP contribution in [0.3, 0.4) is 0 Å². The maximum atomic E-state index is 12.4. The molecule has 110 valence electrons. The molecule has 1 aromatic carbocycles. The van der Waals surface area contributed by atoms with Crippen LogP contribution in [0.25, 0.3) is 21.3 Å². The number of nitrogens with one attached hydrogen (secondary N) is 1. The van der Waals surface area contributed by atoms with E-state index in [1.807, 2.05) is 5.38 Å². The summed E-state index contributed by atoms with van der Waals surface area (Å²) in [5.74, 6) is 3.02. The van der Waals surface area contributed by atoms with E-state index in [1.165, 1.54) is 28.7 Å². The Hall–Kier alpha value is -2.03. The van der Waals surface area contributed by atoms with Gasteiger partial charge in [0.05, 0.1) is 11.1 Å². The van der Waals surface area contributed by atoms with Gasteiger partial charge >= 0.3 is 0 Å². The molecule has 0 aliphatic heterocycles. The van der Waals surface area contributed by atoms with Crippen molar-refractivity contribution in [1.82, 2.24) is 9.97 Å². The lowest BCUT2D eigenvalue weighted by Gasteiger charge is -2.02. The maximum absolute atomic E-state index is 12.4. The fourth-order valence-electron chi connectivity index (χ4n) is 2.24. The van der Waals surface area contributed by atoms with E-state index in [4.69, 9.17) is 6.42 Å². The van der Waals surface area contributed by atoms with Crippen molar-refractivity contribution in [2.45, 2.75) is 18.5 Å². The molecule has 0 fully saturated rings. The van der Waals surface area contributed by atoms with Crippen LogP contribution in [0.1, 0.15) is 12.5 Å². The highest BCUT2D eigenvalue weighted by atomic mass is 32.2. The summed E-state index contributed by atoms with van der Waals surface area (Å²) in [7, 11) is 0. The zero-order chi connectivity index (χ0) is 15.5. The second-order valence-electron chi connectivity index (χ2n) is 4.74. The van der Waals surface area contributed by atoms with Crippen LogP contribution in [-0.2, 0) is 6.42 Å². The molecule has 0 saturated carbocycles. The van der Waals surface area contributed by atoms with Gasteiger partial charge in [0.15, 0.2) is 5.16 Å². The van der Waals surface area contributed by atoms with Gasteiger partial charge in [0.1, 0.15) is 4.83 Å². The molecule has 22 heavy (non-hydrogen) atoms. The topological polar surface area (TPSA) is 45.8 Å². The molecule has 0 atom stereocenters. The number of rotatable bonds is 4. The quantitative estimate of drug-likeness (QED) is 0.449. The first kappa shape index (κ1) is 14.9. The van der Waals surface area contributed by atoms with Crippen molar-refractivity contribution >= 4 is 33.3 Å². The van der Waals surface area contributed by atoms with Gasteiger partial charge in [-0.3, -0.25) is 4.79 Å². The largest absolute Gasteiger partial charge is 0.301 e. The lowest BCUT2D eigenvalue weighted by atomic mass is 10.0. The number of fused-ring (bicyclic) bond motifs is 1. The van der Waals surface area contributed by atoms with Gasteiger partial charge < -0.3 is 4.98 Å². The summed E-state index contributed by atoms with van der Waals surface area (Å²) in [4.78, 5) is 20.4. The number of hydrogen-bond acceptors (Lipinski definition) is 4. The Balaban J connectivity index is 2.08. The van der Waals surface area contributed by atoms with E-state index in [0.717, 1.165) is 22.4 Å². The van der Waals surface area contributed by atoms with E-state index < -0.39 is 0 Å². The first-order valence-corrected chi connectivity index (χ1v) is 8.76. The van der Waals surface area contributed by atoms with E-state index >= 15 is 0 Å². The summed E-state index contributed by atoms with van der Waals surface area (Å²) in [6.07, 6.45) is 6.25. The van der Waals surface area contributed by atoms with E-state index in [2.05, 4.69) is 47.1 Å². The third-order valence-electron chi connectivity index (χ3n) is 3.39. The first-order chi connectivity index (χ1) is 10.7. The molecule has 3 nitrogen and oxygen atoms in total. The Morgan fingerprint density at radius 2 is 2.14 bits per heavy atom. The zero-order valence-electron chi connectivity index (χ0n) is 12.1. The third kappa shape index (κ3) is 2.80. The van der Waals surface area contributed by atoms with Crippen molar-refractivity contribution in [1.29, 1.82) is 0 Å². The highest BCUT2D eigenvalue weighted by Gasteiger charge is 2.13. The number of thioether (sulfide) groups is 1. The second-order valence-corrected chi connectivity index (χ2v) is 6.57. The second kappa shape index (κ2) is 6.39. The molecular weight excluding hydrogens is 312 g/mol. The number of aryl methyl sites for hydroxylation is 1. The van der Waals surface area contributed by atoms with Crippen LogP contribution >= 0.6 is 23.1 Å². The van der Waals surface area contributed by atoms with Gasteiger partial charge in [-0.05, 0) is 17.5 Å². The molecule has 0 spiro atoms. The Bertz CT molecular complexity index is 901. The fourth-order valence-corrected chi connectivity index (χ4v) is 3.79. The summed E-state index contributed by atoms with van der Waals surface area (Å²) in [5, 5.41) is 3.22. The molecule has 5 heteroatoms. The molecule has 3 rings (SSSR count). The molecule has 0 unspecified atom stereocenters. The minimum Gasteiger partial charge on any atom is -0.301 e. The average Bonchev–Trinajstić information content (AvgIpc) is 2.97. The molecular formula is C17H14N2OS2. The molecule has 0 aliphatic rings. The molecule has 0 bridgehead atoms. The minimum atomic E-state index is -0.111. The summed E-state index contributed by atoms with van der Waals surface area (Å²) < 4.78 is 0. The SMILES string of the molecule is C#CCSc1nc2scc(-c3ccc(CC)cc3)c2c(=O)[nH]1. The molecule has 2 heterocycles. The molecule has 0 amide bonds. The zero-order valence-corrected chi connectivity index (χ0v) is 13.7. The summed E-state index contributed by atoms with van der Waals surface area (Å²) in [6.45, 7) is 2.12. The van der Waals surface area contributed by atoms with Crippen molar-refractivity contribution < 1.29 is 0 Å². The molecule has 3 aromatic rings. The predicted molar refractivity (Wildman–Crippen MR) is 94.6 cm³/mol. The van der Waals surface area contributed by atoms with E-state index in [0.29, 0.717) is 16.3 Å². The predicted octanol–water partition coefficient (Wildman–Crippen LogP) is 3.94. The standard InChI is InChI=1S/C17H14N2OS2/c1-3-9-21-17-18-15(20)14-13(10-22-16(14)19-17)12-7-5-11(4-2)6-8-12/h1,5-8,10H,4,9H2,2H3,(H,18,19,20). The van der Waals surface area contributed by atoms with Crippen LogP contribution in [0.4, 0.5) is 0 Å². The molecule has 2 aromatic heterocycles. The van der Waals surface area contributed by atoms with Crippen LogP contribution in [0, 0.1) is 12.3 Å².